The Morgan fingerprint density at radius 1 is 1.18 bits per heavy atom. The maximum atomic E-state index is 11.8. The van der Waals surface area contributed by atoms with Crippen molar-refractivity contribution in [2.45, 2.75) is 38.1 Å². The summed E-state index contributed by atoms with van der Waals surface area (Å²) < 4.78 is 5.44. The molecule has 0 unspecified atom stereocenters. The van der Waals surface area contributed by atoms with E-state index in [0.717, 1.165) is 24.5 Å². The number of carboxylic acids is 1. The molecule has 5 nitrogen and oxygen atoms in total. The van der Waals surface area contributed by atoms with Gasteiger partial charge >= 0.3 is 5.97 Å². The van der Waals surface area contributed by atoms with Crippen LogP contribution in [-0.4, -0.2) is 29.6 Å². The lowest BCUT2D eigenvalue weighted by atomic mass is 9.95. The van der Waals surface area contributed by atoms with Crippen molar-refractivity contribution < 1.29 is 19.4 Å². The van der Waals surface area contributed by atoms with Gasteiger partial charge in [-0.05, 0) is 36.6 Å². The van der Waals surface area contributed by atoms with Crippen molar-refractivity contribution in [1.29, 1.82) is 0 Å². The van der Waals surface area contributed by atoms with E-state index in [1.165, 1.54) is 25.3 Å². The van der Waals surface area contributed by atoms with Crippen molar-refractivity contribution in [1.82, 2.24) is 5.32 Å². The van der Waals surface area contributed by atoms with Crippen molar-refractivity contribution in [3.63, 3.8) is 0 Å². The topological polar surface area (TPSA) is 75.6 Å². The molecule has 2 N–H and O–H groups in total. The summed E-state index contributed by atoms with van der Waals surface area (Å²) in [5.41, 5.74) is 0.765. The van der Waals surface area contributed by atoms with Gasteiger partial charge in [-0.1, -0.05) is 31.4 Å². The third-order valence-corrected chi connectivity index (χ3v) is 3.64. The number of rotatable bonds is 6. The molecule has 2 rings (SSSR count). The SMILES string of the molecule is O=C(O)C=Cc1ccc(OCC(=O)NC2CCCCC2)cc1. The van der Waals surface area contributed by atoms with Gasteiger partial charge in [-0.2, -0.15) is 0 Å². The van der Waals surface area contributed by atoms with E-state index < -0.39 is 5.97 Å². The van der Waals surface area contributed by atoms with E-state index in [2.05, 4.69) is 5.32 Å². The summed E-state index contributed by atoms with van der Waals surface area (Å²) in [6, 6.07) is 7.21. The highest BCUT2D eigenvalue weighted by molar-refractivity contribution is 5.85. The third kappa shape index (κ3) is 5.60. The van der Waals surface area contributed by atoms with E-state index in [1.54, 1.807) is 24.3 Å². The van der Waals surface area contributed by atoms with Crippen LogP contribution in [0.1, 0.15) is 37.7 Å². The molecule has 0 saturated heterocycles. The predicted octanol–water partition coefficient (Wildman–Crippen LogP) is 2.61. The first-order valence-electron chi connectivity index (χ1n) is 7.57. The lowest BCUT2D eigenvalue weighted by molar-refractivity contribution is -0.131. The minimum atomic E-state index is -0.986. The van der Waals surface area contributed by atoms with Crippen LogP contribution in [0.25, 0.3) is 6.08 Å². The monoisotopic (exact) mass is 303 g/mol. The molecule has 5 heteroatoms. The first-order valence-corrected chi connectivity index (χ1v) is 7.57. The van der Waals surface area contributed by atoms with Crippen molar-refractivity contribution in [2.24, 2.45) is 0 Å². The molecule has 1 fully saturated rings. The molecule has 118 valence electrons. The Morgan fingerprint density at radius 3 is 2.50 bits per heavy atom. The maximum absolute atomic E-state index is 11.8. The zero-order valence-corrected chi connectivity index (χ0v) is 12.5. The number of hydrogen-bond donors (Lipinski definition) is 2. The van der Waals surface area contributed by atoms with Gasteiger partial charge in [0.2, 0.25) is 0 Å². The minimum absolute atomic E-state index is 0.000805. The number of carbonyl (C=O) groups is 2. The van der Waals surface area contributed by atoms with Crippen molar-refractivity contribution in [3.05, 3.63) is 35.9 Å². The molecule has 1 amide bonds. The van der Waals surface area contributed by atoms with Crippen LogP contribution in [0.15, 0.2) is 30.3 Å². The Balaban J connectivity index is 1.76. The average Bonchev–Trinajstić information content (AvgIpc) is 2.53. The zero-order valence-electron chi connectivity index (χ0n) is 12.5. The molecule has 0 heterocycles. The summed E-state index contributed by atoms with van der Waals surface area (Å²) in [5, 5.41) is 11.5. The molecule has 1 aliphatic rings. The molecule has 0 atom stereocenters. The largest absolute Gasteiger partial charge is 0.484 e. The molecule has 1 aromatic carbocycles. The lowest BCUT2D eigenvalue weighted by Crippen LogP contribution is -2.38. The molecule has 1 aliphatic carbocycles. The summed E-state index contributed by atoms with van der Waals surface area (Å²) >= 11 is 0. The highest BCUT2D eigenvalue weighted by atomic mass is 16.5. The summed E-state index contributed by atoms with van der Waals surface area (Å²) in [7, 11) is 0. The van der Waals surface area contributed by atoms with Crippen LogP contribution in [0.4, 0.5) is 0 Å². The molecule has 1 aromatic rings. The number of hydrogen-bond acceptors (Lipinski definition) is 3. The van der Waals surface area contributed by atoms with E-state index in [4.69, 9.17) is 9.84 Å². The van der Waals surface area contributed by atoms with Gasteiger partial charge in [0, 0.05) is 12.1 Å². The van der Waals surface area contributed by atoms with E-state index in [1.807, 2.05) is 0 Å². The molecule has 0 bridgehead atoms. The van der Waals surface area contributed by atoms with E-state index in [0.29, 0.717) is 5.75 Å². The third-order valence-electron chi connectivity index (χ3n) is 3.64. The smallest absolute Gasteiger partial charge is 0.328 e. The van der Waals surface area contributed by atoms with Gasteiger partial charge in [-0.15, -0.1) is 0 Å². The van der Waals surface area contributed by atoms with Crippen LogP contribution < -0.4 is 10.1 Å². The molecular weight excluding hydrogens is 282 g/mol. The summed E-state index contributed by atoms with van der Waals surface area (Å²) in [6.07, 6.45) is 8.29. The quantitative estimate of drug-likeness (QED) is 0.792. The number of ether oxygens (including phenoxy) is 1. The predicted molar refractivity (Wildman–Crippen MR) is 83.6 cm³/mol. The van der Waals surface area contributed by atoms with Crippen LogP contribution in [-0.2, 0) is 9.59 Å². The first-order chi connectivity index (χ1) is 10.6. The second-order valence-electron chi connectivity index (χ2n) is 5.43. The Bertz CT molecular complexity index is 530. The second kappa shape index (κ2) is 8.22. The molecule has 0 spiro atoms. The van der Waals surface area contributed by atoms with E-state index in [9.17, 15) is 9.59 Å². The van der Waals surface area contributed by atoms with Gasteiger partial charge in [0.25, 0.3) is 5.91 Å². The Labute approximate surface area is 130 Å². The number of amides is 1. The molecule has 22 heavy (non-hydrogen) atoms. The lowest BCUT2D eigenvalue weighted by Gasteiger charge is -2.22. The van der Waals surface area contributed by atoms with Gasteiger partial charge in [0.1, 0.15) is 5.75 Å². The Morgan fingerprint density at radius 2 is 1.86 bits per heavy atom. The number of nitrogens with one attached hydrogen (secondary N) is 1. The van der Waals surface area contributed by atoms with E-state index in [-0.39, 0.29) is 18.6 Å². The van der Waals surface area contributed by atoms with Crippen molar-refractivity contribution in [2.75, 3.05) is 6.61 Å². The summed E-state index contributed by atoms with van der Waals surface area (Å²) in [4.78, 5) is 22.2. The van der Waals surface area contributed by atoms with Crippen LogP contribution in [0.3, 0.4) is 0 Å². The number of carboxylic acid groups (broad SMARTS) is 1. The van der Waals surface area contributed by atoms with Crippen LogP contribution >= 0.6 is 0 Å². The van der Waals surface area contributed by atoms with Gasteiger partial charge < -0.3 is 15.2 Å². The standard InChI is InChI=1S/C17H21NO4/c19-16(18-14-4-2-1-3-5-14)12-22-15-9-6-13(7-10-15)8-11-17(20)21/h6-11,14H,1-5,12H2,(H,18,19)(H,20,21). The van der Waals surface area contributed by atoms with Gasteiger partial charge in [-0.3, -0.25) is 4.79 Å². The minimum Gasteiger partial charge on any atom is -0.484 e. The van der Waals surface area contributed by atoms with Crippen molar-refractivity contribution in [3.8, 4) is 5.75 Å². The molecule has 1 saturated carbocycles. The van der Waals surface area contributed by atoms with E-state index >= 15 is 0 Å². The van der Waals surface area contributed by atoms with Gasteiger partial charge in [0.05, 0.1) is 0 Å². The van der Waals surface area contributed by atoms with Gasteiger partial charge in [-0.25, -0.2) is 4.79 Å². The fourth-order valence-corrected chi connectivity index (χ4v) is 2.51. The Hall–Kier alpha value is -2.30. The first kappa shape index (κ1) is 16.1. The highest BCUT2D eigenvalue weighted by Crippen LogP contribution is 2.17. The van der Waals surface area contributed by atoms with Gasteiger partial charge in [0.15, 0.2) is 6.61 Å². The fourth-order valence-electron chi connectivity index (χ4n) is 2.51. The second-order valence-corrected chi connectivity index (χ2v) is 5.43. The normalized spacial score (nSPS) is 15.6. The number of carbonyl (C=O) groups excluding carboxylic acids is 1. The van der Waals surface area contributed by atoms with Crippen molar-refractivity contribution >= 4 is 18.0 Å². The molecular formula is C17H21NO4. The van der Waals surface area contributed by atoms with Crippen LogP contribution in [0.2, 0.25) is 0 Å². The summed E-state index contributed by atoms with van der Waals surface area (Å²) in [5.74, 6) is -0.493. The molecule has 0 aromatic heterocycles. The maximum Gasteiger partial charge on any atom is 0.328 e. The van der Waals surface area contributed by atoms with Crippen LogP contribution in [0, 0.1) is 0 Å². The fraction of sp³-hybridized carbons (Fsp3) is 0.412. The average molecular weight is 303 g/mol. The highest BCUT2D eigenvalue weighted by Gasteiger charge is 2.15. The molecule has 0 radical (unpaired) electrons. The molecule has 0 aliphatic heterocycles. The number of benzene rings is 1. The van der Waals surface area contributed by atoms with Crippen LogP contribution in [0.5, 0.6) is 5.75 Å². The number of aliphatic carboxylic acids is 1. The Kier molecular flexibility index (Phi) is 6.01. The summed E-state index contributed by atoms with van der Waals surface area (Å²) in [6.45, 7) is 0.000805. The zero-order chi connectivity index (χ0) is 15.8.